The highest BCUT2D eigenvalue weighted by atomic mass is 16.5. The van der Waals surface area contributed by atoms with Gasteiger partial charge in [0.1, 0.15) is 0 Å². The van der Waals surface area contributed by atoms with Crippen LogP contribution in [0.1, 0.15) is 49.1 Å². The number of ether oxygens (including phenoxy) is 1. The van der Waals surface area contributed by atoms with Crippen molar-refractivity contribution in [3.05, 3.63) is 17.0 Å². The van der Waals surface area contributed by atoms with Crippen LogP contribution in [0.3, 0.4) is 0 Å². The van der Waals surface area contributed by atoms with E-state index in [9.17, 15) is 4.79 Å². The van der Waals surface area contributed by atoms with Gasteiger partial charge in [0, 0.05) is 18.7 Å². The van der Waals surface area contributed by atoms with Gasteiger partial charge in [-0.15, -0.1) is 0 Å². The van der Waals surface area contributed by atoms with Crippen molar-refractivity contribution in [2.24, 2.45) is 0 Å². The first kappa shape index (κ1) is 17.0. The Bertz CT molecular complexity index is 646. The third-order valence-corrected chi connectivity index (χ3v) is 5.36. The molecule has 1 amide bonds. The number of morpholine rings is 1. The van der Waals surface area contributed by atoms with Crippen LogP contribution in [0.4, 0.5) is 0 Å². The zero-order valence-electron chi connectivity index (χ0n) is 14.6. The molecule has 1 saturated carbocycles. The van der Waals surface area contributed by atoms with Crippen molar-refractivity contribution in [2.45, 2.75) is 71.1 Å². The second-order valence-electron chi connectivity index (χ2n) is 6.78. The Balaban J connectivity index is 1.62. The highest BCUT2D eigenvalue weighted by molar-refractivity contribution is 5.77. The van der Waals surface area contributed by atoms with Crippen LogP contribution in [-0.2, 0) is 22.5 Å². The third kappa shape index (κ3) is 3.32. The number of amides is 1. The minimum atomic E-state index is 0.235. The average Bonchev–Trinajstić information content (AvgIpc) is 3.15. The van der Waals surface area contributed by atoms with Gasteiger partial charge in [-0.2, -0.15) is 10.4 Å². The van der Waals surface area contributed by atoms with E-state index in [4.69, 9.17) is 10.00 Å². The van der Waals surface area contributed by atoms with Crippen molar-refractivity contribution in [1.29, 1.82) is 5.26 Å². The molecule has 6 heteroatoms. The van der Waals surface area contributed by atoms with Crippen molar-refractivity contribution >= 4 is 5.91 Å². The molecule has 0 N–H and O–H groups in total. The van der Waals surface area contributed by atoms with Gasteiger partial charge in [-0.25, -0.2) is 0 Å². The number of hydrogen-bond donors (Lipinski definition) is 0. The van der Waals surface area contributed by atoms with Gasteiger partial charge in [0.15, 0.2) is 0 Å². The minimum absolute atomic E-state index is 0.235. The largest absolute Gasteiger partial charge is 0.374 e. The van der Waals surface area contributed by atoms with Crippen LogP contribution < -0.4 is 0 Å². The Hall–Kier alpha value is -1.87. The third-order valence-electron chi connectivity index (χ3n) is 5.36. The number of rotatable bonds is 5. The number of aromatic nitrogens is 2. The summed E-state index contributed by atoms with van der Waals surface area (Å²) < 4.78 is 7.68. The Morgan fingerprint density at radius 1 is 1.42 bits per heavy atom. The molecular weight excluding hydrogens is 304 g/mol. The van der Waals surface area contributed by atoms with Crippen molar-refractivity contribution in [3.63, 3.8) is 0 Å². The van der Waals surface area contributed by atoms with Crippen molar-refractivity contribution in [2.75, 3.05) is 13.2 Å². The number of nitriles is 1. The number of aryl methyl sites for hydroxylation is 2. The molecule has 3 rings (SSSR count). The van der Waals surface area contributed by atoms with Gasteiger partial charge >= 0.3 is 0 Å². The van der Waals surface area contributed by atoms with Crippen LogP contribution in [0.25, 0.3) is 0 Å². The molecule has 24 heavy (non-hydrogen) atoms. The van der Waals surface area contributed by atoms with Gasteiger partial charge in [-0.05, 0) is 45.1 Å². The normalized spacial score (nSPS) is 23.1. The van der Waals surface area contributed by atoms with E-state index in [1.54, 1.807) is 0 Å². The summed E-state index contributed by atoms with van der Waals surface area (Å²) in [5.41, 5.74) is 3.20. The SMILES string of the molecule is Cc1nn(CCC#N)c(C)c1CCC(=O)N1CCO[C@H]2CCC[C@H]21. The molecule has 0 radical (unpaired) electrons. The van der Waals surface area contributed by atoms with E-state index in [0.717, 1.165) is 49.2 Å². The predicted octanol–water partition coefficient (Wildman–Crippen LogP) is 2.13. The van der Waals surface area contributed by atoms with Crippen LogP contribution >= 0.6 is 0 Å². The lowest BCUT2D eigenvalue weighted by Gasteiger charge is -2.37. The number of nitrogens with zero attached hydrogens (tertiary/aromatic N) is 4. The van der Waals surface area contributed by atoms with Gasteiger partial charge < -0.3 is 9.64 Å². The van der Waals surface area contributed by atoms with Crippen molar-refractivity contribution in [1.82, 2.24) is 14.7 Å². The molecular formula is C18H26N4O2. The molecule has 0 aromatic carbocycles. The maximum absolute atomic E-state index is 12.7. The Labute approximate surface area is 143 Å². The van der Waals surface area contributed by atoms with Crippen LogP contribution in [0.2, 0.25) is 0 Å². The summed E-state index contributed by atoms with van der Waals surface area (Å²) in [5, 5.41) is 13.3. The number of hydrogen-bond acceptors (Lipinski definition) is 4. The minimum Gasteiger partial charge on any atom is -0.374 e. The summed E-state index contributed by atoms with van der Waals surface area (Å²) in [6.45, 7) is 6.01. The second kappa shape index (κ2) is 7.35. The Morgan fingerprint density at radius 3 is 3.04 bits per heavy atom. The van der Waals surface area contributed by atoms with Crippen LogP contribution in [0.15, 0.2) is 0 Å². The molecule has 0 unspecified atom stereocenters. The number of fused-ring (bicyclic) bond motifs is 1. The lowest BCUT2D eigenvalue weighted by molar-refractivity contribution is -0.143. The summed E-state index contributed by atoms with van der Waals surface area (Å²) in [6.07, 6.45) is 5.26. The van der Waals surface area contributed by atoms with Crippen molar-refractivity contribution in [3.8, 4) is 6.07 Å². The quantitative estimate of drug-likeness (QED) is 0.829. The molecule has 6 nitrogen and oxygen atoms in total. The van der Waals surface area contributed by atoms with Crippen LogP contribution in [0.5, 0.6) is 0 Å². The molecule has 0 bridgehead atoms. The molecule has 2 aliphatic rings. The molecule has 2 atom stereocenters. The van der Waals surface area contributed by atoms with E-state index < -0.39 is 0 Å². The van der Waals surface area contributed by atoms with Gasteiger partial charge in [-0.1, -0.05) is 0 Å². The fourth-order valence-corrected chi connectivity index (χ4v) is 4.08. The topological polar surface area (TPSA) is 71.2 Å². The van der Waals surface area contributed by atoms with E-state index in [-0.39, 0.29) is 18.1 Å². The fourth-order valence-electron chi connectivity index (χ4n) is 4.08. The van der Waals surface area contributed by atoms with Crippen LogP contribution in [0, 0.1) is 25.2 Å². The van der Waals surface area contributed by atoms with Gasteiger partial charge in [-0.3, -0.25) is 9.48 Å². The molecule has 2 fully saturated rings. The molecule has 1 aliphatic carbocycles. The van der Waals surface area contributed by atoms with Crippen molar-refractivity contribution < 1.29 is 9.53 Å². The lowest BCUT2D eigenvalue weighted by atomic mass is 10.1. The first-order chi connectivity index (χ1) is 11.6. The van der Waals surface area contributed by atoms with E-state index in [1.165, 1.54) is 0 Å². The van der Waals surface area contributed by atoms with Crippen LogP contribution in [-0.4, -0.2) is 45.9 Å². The zero-order valence-corrected chi connectivity index (χ0v) is 14.6. The van der Waals surface area contributed by atoms with Gasteiger partial charge in [0.05, 0.1) is 43.5 Å². The maximum Gasteiger partial charge on any atom is 0.223 e. The van der Waals surface area contributed by atoms with E-state index in [1.807, 2.05) is 23.4 Å². The standard InChI is InChI=1S/C18H26N4O2/c1-13-15(14(2)22(20-13)10-4-9-19)7-8-18(23)21-11-12-24-17-6-3-5-16(17)21/h16-17H,3-8,10-12H2,1-2H3/t16-,17+/m1/s1. The number of carbonyl (C=O) groups excluding carboxylic acids is 1. The molecule has 1 aromatic rings. The first-order valence-corrected chi connectivity index (χ1v) is 8.92. The lowest BCUT2D eigenvalue weighted by Crippen LogP contribution is -2.51. The van der Waals surface area contributed by atoms with E-state index in [2.05, 4.69) is 11.2 Å². The highest BCUT2D eigenvalue weighted by Crippen LogP contribution is 2.30. The maximum atomic E-state index is 12.7. The number of carbonyl (C=O) groups is 1. The average molecular weight is 330 g/mol. The Kier molecular flexibility index (Phi) is 5.20. The predicted molar refractivity (Wildman–Crippen MR) is 89.3 cm³/mol. The molecule has 1 aromatic heterocycles. The monoisotopic (exact) mass is 330 g/mol. The highest BCUT2D eigenvalue weighted by Gasteiger charge is 2.38. The molecule has 2 heterocycles. The molecule has 1 aliphatic heterocycles. The first-order valence-electron chi connectivity index (χ1n) is 8.92. The molecule has 130 valence electrons. The molecule has 1 saturated heterocycles. The van der Waals surface area contributed by atoms with Gasteiger partial charge in [0.2, 0.25) is 5.91 Å². The zero-order chi connectivity index (χ0) is 17.1. The fraction of sp³-hybridized carbons (Fsp3) is 0.722. The van der Waals surface area contributed by atoms with E-state index in [0.29, 0.717) is 26.0 Å². The summed E-state index contributed by atoms with van der Waals surface area (Å²) in [4.78, 5) is 14.8. The summed E-state index contributed by atoms with van der Waals surface area (Å²) in [7, 11) is 0. The van der Waals surface area contributed by atoms with Gasteiger partial charge in [0.25, 0.3) is 0 Å². The smallest absolute Gasteiger partial charge is 0.223 e. The van der Waals surface area contributed by atoms with E-state index >= 15 is 0 Å². The summed E-state index contributed by atoms with van der Waals surface area (Å²) in [6, 6.07) is 2.44. The summed E-state index contributed by atoms with van der Waals surface area (Å²) in [5.74, 6) is 0.235. The molecule has 0 spiro atoms. The second-order valence-corrected chi connectivity index (χ2v) is 6.78. The Morgan fingerprint density at radius 2 is 2.25 bits per heavy atom. The summed E-state index contributed by atoms with van der Waals surface area (Å²) >= 11 is 0.